The van der Waals surface area contributed by atoms with Crippen LogP contribution in [0.15, 0.2) is 24.3 Å². The zero-order valence-electron chi connectivity index (χ0n) is 11.4. The highest BCUT2D eigenvalue weighted by Crippen LogP contribution is 2.11. The standard InChI is InChI=1S/C17H27/c1-3-5-6-7-8-9-11-17-14-12-16(10-4-2)13-15-17/h12-15H,1,3-11H2,2H3. The van der Waals surface area contributed by atoms with Crippen molar-refractivity contribution in [2.24, 2.45) is 0 Å². The molecule has 1 aromatic carbocycles. The molecule has 0 aliphatic rings. The van der Waals surface area contributed by atoms with Crippen molar-refractivity contribution in [2.45, 2.75) is 64.7 Å². The third kappa shape index (κ3) is 6.51. The van der Waals surface area contributed by atoms with E-state index in [1.165, 1.54) is 62.5 Å². The van der Waals surface area contributed by atoms with Gasteiger partial charge in [0.15, 0.2) is 0 Å². The fraction of sp³-hybridized carbons (Fsp3) is 0.588. The van der Waals surface area contributed by atoms with Crippen LogP contribution in [0.2, 0.25) is 0 Å². The number of benzene rings is 1. The summed E-state index contributed by atoms with van der Waals surface area (Å²) in [6, 6.07) is 9.20. The second kappa shape index (κ2) is 9.27. The quantitative estimate of drug-likeness (QED) is 0.502. The summed E-state index contributed by atoms with van der Waals surface area (Å²) < 4.78 is 0. The van der Waals surface area contributed by atoms with Crippen LogP contribution >= 0.6 is 0 Å². The van der Waals surface area contributed by atoms with Crippen molar-refractivity contribution >= 4 is 0 Å². The SMILES string of the molecule is [CH2]CCCCCCCc1ccc(CCC)cc1. The Morgan fingerprint density at radius 1 is 0.765 bits per heavy atom. The van der Waals surface area contributed by atoms with Gasteiger partial charge < -0.3 is 0 Å². The molecule has 95 valence electrons. The lowest BCUT2D eigenvalue weighted by molar-refractivity contribution is 0.617. The smallest absolute Gasteiger partial charge is 0.0279 e. The molecule has 0 spiro atoms. The first kappa shape index (κ1) is 14.3. The minimum atomic E-state index is 1.10. The summed E-state index contributed by atoms with van der Waals surface area (Å²) in [5.41, 5.74) is 2.98. The van der Waals surface area contributed by atoms with Crippen molar-refractivity contribution in [3.63, 3.8) is 0 Å². The van der Waals surface area contributed by atoms with Crippen molar-refractivity contribution < 1.29 is 0 Å². The van der Waals surface area contributed by atoms with Crippen molar-refractivity contribution in [1.29, 1.82) is 0 Å². The summed E-state index contributed by atoms with van der Waals surface area (Å²) in [5, 5.41) is 0. The molecule has 17 heavy (non-hydrogen) atoms. The van der Waals surface area contributed by atoms with Crippen LogP contribution in [0.4, 0.5) is 0 Å². The molecule has 0 aliphatic carbocycles. The number of aryl methyl sites for hydroxylation is 2. The summed E-state index contributed by atoms with van der Waals surface area (Å²) in [5.74, 6) is 0. The van der Waals surface area contributed by atoms with Gasteiger partial charge in [-0.1, -0.05) is 76.6 Å². The third-order valence-electron chi connectivity index (χ3n) is 3.28. The second-order valence-electron chi connectivity index (χ2n) is 4.94. The van der Waals surface area contributed by atoms with Gasteiger partial charge in [-0.25, -0.2) is 0 Å². The van der Waals surface area contributed by atoms with Gasteiger partial charge in [0.2, 0.25) is 0 Å². The van der Waals surface area contributed by atoms with E-state index in [0.29, 0.717) is 0 Å². The lowest BCUT2D eigenvalue weighted by atomic mass is 10.0. The number of hydrogen-bond donors (Lipinski definition) is 0. The highest BCUT2D eigenvalue weighted by molar-refractivity contribution is 5.22. The van der Waals surface area contributed by atoms with Gasteiger partial charge in [-0.15, -0.1) is 0 Å². The molecule has 0 unspecified atom stereocenters. The second-order valence-corrected chi connectivity index (χ2v) is 4.94. The van der Waals surface area contributed by atoms with Gasteiger partial charge in [-0.2, -0.15) is 0 Å². The molecule has 0 heterocycles. The highest BCUT2D eigenvalue weighted by atomic mass is 14.0. The Bertz CT molecular complexity index is 271. The Balaban J connectivity index is 2.14. The van der Waals surface area contributed by atoms with Crippen LogP contribution in [0.3, 0.4) is 0 Å². The van der Waals surface area contributed by atoms with Crippen LogP contribution in [-0.2, 0) is 12.8 Å². The molecule has 0 saturated carbocycles. The zero-order valence-corrected chi connectivity index (χ0v) is 11.4. The Morgan fingerprint density at radius 2 is 1.29 bits per heavy atom. The fourth-order valence-electron chi connectivity index (χ4n) is 2.20. The topological polar surface area (TPSA) is 0 Å². The zero-order chi connectivity index (χ0) is 12.3. The first-order valence-electron chi connectivity index (χ1n) is 7.24. The molecular weight excluding hydrogens is 204 g/mol. The molecule has 1 rings (SSSR count). The number of hydrogen-bond acceptors (Lipinski definition) is 0. The molecule has 0 heteroatoms. The Labute approximate surface area is 107 Å². The van der Waals surface area contributed by atoms with E-state index < -0.39 is 0 Å². The van der Waals surface area contributed by atoms with Crippen molar-refractivity contribution in [1.82, 2.24) is 0 Å². The van der Waals surface area contributed by atoms with Crippen molar-refractivity contribution in [3.05, 3.63) is 42.3 Å². The summed E-state index contributed by atoms with van der Waals surface area (Å²) in [4.78, 5) is 0. The maximum absolute atomic E-state index is 3.87. The van der Waals surface area contributed by atoms with Gasteiger partial charge in [-0.3, -0.25) is 0 Å². The van der Waals surface area contributed by atoms with E-state index in [2.05, 4.69) is 38.1 Å². The lowest BCUT2D eigenvalue weighted by Gasteiger charge is -2.04. The molecule has 0 aliphatic heterocycles. The maximum Gasteiger partial charge on any atom is -0.0279 e. The number of rotatable bonds is 9. The van der Waals surface area contributed by atoms with Gasteiger partial charge in [0.05, 0.1) is 0 Å². The molecular formula is C17H27. The van der Waals surface area contributed by atoms with Crippen LogP contribution in [-0.4, -0.2) is 0 Å². The van der Waals surface area contributed by atoms with Gasteiger partial charge in [0, 0.05) is 0 Å². The molecule has 0 N–H and O–H groups in total. The third-order valence-corrected chi connectivity index (χ3v) is 3.28. The predicted molar refractivity (Wildman–Crippen MR) is 77.2 cm³/mol. The molecule has 0 atom stereocenters. The molecule has 1 aromatic rings. The molecule has 1 radical (unpaired) electrons. The van der Waals surface area contributed by atoms with Crippen LogP contribution in [0.25, 0.3) is 0 Å². The molecule has 0 fully saturated rings. The predicted octanol–water partition coefficient (Wildman–Crippen LogP) is 5.36. The van der Waals surface area contributed by atoms with E-state index in [1.807, 2.05) is 0 Å². The lowest BCUT2D eigenvalue weighted by Crippen LogP contribution is -1.88. The van der Waals surface area contributed by atoms with E-state index in [-0.39, 0.29) is 0 Å². The van der Waals surface area contributed by atoms with Crippen LogP contribution in [0, 0.1) is 6.92 Å². The Morgan fingerprint density at radius 3 is 1.88 bits per heavy atom. The summed E-state index contributed by atoms with van der Waals surface area (Å²) in [6.07, 6.45) is 11.5. The first-order chi connectivity index (χ1) is 8.36. The van der Waals surface area contributed by atoms with Gasteiger partial charge in [0.1, 0.15) is 0 Å². The highest BCUT2D eigenvalue weighted by Gasteiger charge is 1.95. The van der Waals surface area contributed by atoms with E-state index in [1.54, 1.807) is 0 Å². The normalized spacial score (nSPS) is 10.7. The van der Waals surface area contributed by atoms with Crippen LogP contribution in [0.5, 0.6) is 0 Å². The van der Waals surface area contributed by atoms with E-state index in [9.17, 15) is 0 Å². The fourth-order valence-corrected chi connectivity index (χ4v) is 2.20. The van der Waals surface area contributed by atoms with Gasteiger partial charge in [-0.05, 0) is 30.4 Å². The largest absolute Gasteiger partial charge is 0.0651 e. The average molecular weight is 231 g/mol. The average Bonchev–Trinajstić information content (AvgIpc) is 2.36. The van der Waals surface area contributed by atoms with Gasteiger partial charge >= 0.3 is 0 Å². The van der Waals surface area contributed by atoms with E-state index >= 15 is 0 Å². The Kier molecular flexibility index (Phi) is 7.79. The van der Waals surface area contributed by atoms with Crippen LogP contribution in [0.1, 0.15) is 63.0 Å². The molecule has 0 bridgehead atoms. The van der Waals surface area contributed by atoms with Gasteiger partial charge in [0.25, 0.3) is 0 Å². The molecule has 0 nitrogen and oxygen atoms in total. The monoisotopic (exact) mass is 231 g/mol. The summed E-state index contributed by atoms with van der Waals surface area (Å²) >= 11 is 0. The minimum absolute atomic E-state index is 1.10. The molecule has 0 amide bonds. The summed E-state index contributed by atoms with van der Waals surface area (Å²) in [7, 11) is 0. The van der Waals surface area contributed by atoms with Crippen LogP contribution < -0.4 is 0 Å². The maximum atomic E-state index is 3.87. The molecule has 0 aromatic heterocycles. The first-order valence-corrected chi connectivity index (χ1v) is 7.24. The van der Waals surface area contributed by atoms with Crippen molar-refractivity contribution in [2.75, 3.05) is 0 Å². The van der Waals surface area contributed by atoms with E-state index in [0.717, 1.165) is 6.42 Å². The molecule has 0 saturated heterocycles. The minimum Gasteiger partial charge on any atom is -0.0651 e. The summed E-state index contributed by atoms with van der Waals surface area (Å²) in [6.45, 7) is 6.11. The van der Waals surface area contributed by atoms with E-state index in [4.69, 9.17) is 0 Å². The Hall–Kier alpha value is -0.780. The van der Waals surface area contributed by atoms with Crippen molar-refractivity contribution in [3.8, 4) is 0 Å². The number of unbranched alkanes of at least 4 members (excludes halogenated alkanes) is 5.